The number of ketones is 1. The van der Waals surface area contributed by atoms with Crippen LogP contribution in [0.2, 0.25) is 0 Å². The molecule has 1 aliphatic carbocycles. The van der Waals surface area contributed by atoms with Gasteiger partial charge in [0.2, 0.25) is 0 Å². The van der Waals surface area contributed by atoms with E-state index >= 15 is 0 Å². The summed E-state index contributed by atoms with van der Waals surface area (Å²) >= 11 is 1.40. The van der Waals surface area contributed by atoms with Crippen molar-refractivity contribution in [3.05, 3.63) is 59.4 Å². The van der Waals surface area contributed by atoms with Gasteiger partial charge in [-0.2, -0.15) is 0 Å². The number of carbonyl (C=O) groups is 2. The van der Waals surface area contributed by atoms with E-state index in [2.05, 4.69) is 6.92 Å². The minimum atomic E-state index is -0.624. The van der Waals surface area contributed by atoms with Crippen molar-refractivity contribution in [1.29, 1.82) is 0 Å². The number of amides is 1. The molecule has 180 valence electrons. The van der Waals surface area contributed by atoms with Crippen LogP contribution in [0.25, 0.3) is 10.2 Å². The molecule has 0 saturated heterocycles. The topological polar surface area (TPSA) is 78.0 Å². The number of nitrogens with zero attached hydrogens (tertiary/aromatic N) is 2. The van der Waals surface area contributed by atoms with Crippen molar-refractivity contribution in [3.8, 4) is 11.5 Å². The van der Waals surface area contributed by atoms with E-state index in [4.69, 9.17) is 19.2 Å². The Morgan fingerprint density at radius 3 is 2.66 bits per heavy atom. The zero-order valence-corrected chi connectivity index (χ0v) is 20.6. The molecule has 4 atom stereocenters. The molecule has 3 aromatic rings. The van der Waals surface area contributed by atoms with E-state index in [-0.39, 0.29) is 29.5 Å². The lowest BCUT2D eigenvalue weighted by molar-refractivity contribution is -0.132. The molecular weight excluding hydrogens is 464 g/mol. The number of fused-ring (bicyclic) bond motifs is 2. The van der Waals surface area contributed by atoms with E-state index < -0.39 is 6.04 Å². The summed E-state index contributed by atoms with van der Waals surface area (Å²) in [7, 11) is 3.22. The van der Waals surface area contributed by atoms with Crippen LogP contribution < -0.4 is 14.4 Å². The SMILES string of the molecule is COc1cccc(C2C3=C(OC4CCC(C)CC4C3=O)C(=O)N2c2nc3ccc(OC)cc3s2)c1. The molecule has 3 aliphatic rings. The van der Waals surface area contributed by atoms with Gasteiger partial charge >= 0.3 is 0 Å². The summed E-state index contributed by atoms with van der Waals surface area (Å²) in [5.41, 5.74) is 2.00. The second-order valence-electron chi connectivity index (χ2n) is 9.47. The van der Waals surface area contributed by atoms with Crippen LogP contribution in [0.15, 0.2) is 53.8 Å². The molecule has 4 unspecified atom stereocenters. The van der Waals surface area contributed by atoms with Gasteiger partial charge in [0.25, 0.3) is 5.91 Å². The molecule has 0 bridgehead atoms. The Morgan fingerprint density at radius 1 is 1.06 bits per heavy atom. The minimum absolute atomic E-state index is 0.0225. The predicted octanol–water partition coefficient (Wildman–Crippen LogP) is 5.06. The average Bonchev–Trinajstić information content (AvgIpc) is 3.42. The molecule has 1 saturated carbocycles. The third kappa shape index (κ3) is 3.50. The van der Waals surface area contributed by atoms with E-state index in [1.165, 1.54) is 11.3 Å². The second-order valence-corrected chi connectivity index (χ2v) is 10.5. The lowest BCUT2D eigenvalue weighted by Gasteiger charge is -2.37. The number of hydrogen-bond donors (Lipinski definition) is 0. The van der Waals surface area contributed by atoms with Crippen molar-refractivity contribution in [2.24, 2.45) is 11.8 Å². The molecule has 8 heteroatoms. The number of rotatable bonds is 4. The second kappa shape index (κ2) is 8.37. The minimum Gasteiger partial charge on any atom is -0.497 e. The zero-order chi connectivity index (χ0) is 24.3. The number of aromatic nitrogens is 1. The lowest BCUT2D eigenvalue weighted by atomic mass is 9.74. The highest BCUT2D eigenvalue weighted by Gasteiger charge is 2.53. The quantitative estimate of drug-likeness (QED) is 0.509. The van der Waals surface area contributed by atoms with Gasteiger partial charge in [-0.25, -0.2) is 4.98 Å². The van der Waals surface area contributed by atoms with Crippen molar-refractivity contribution < 1.29 is 23.8 Å². The predicted molar refractivity (Wildman–Crippen MR) is 133 cm³/mol. The van der Waals surface area contributed by atoms with Crippen molar-refractivity contribution >= 4 is 38.4 Å². The van der Waals surface area contributed by atoms with Gasteiger partial charge in [-0.05, 0) is 61.1 Å². The lowest BCUT2D eigenvalue weighted by Crippen LogP contribution is -2.41. The van der Waals surface area contributed by atoms with Gasteiger partial charge in [-0.1, -0.05) is 30.4 Å². The third-order valence-corrected chi connectivity index (χ3v) is 8.33. The highest BCUT2D eigenvalue weighted by molar-refractivity contribution is 7.22. The number of anilines is 1. The van der Waals surface area contributed by atoms with Crippen LogP contribution in [-0.4, -0.2) is 37.0 Å². The molecular formula is C27H26N2O5S. The summed E-state index contributed by atoms with van der Waals surface area (Å²) in [6, 6.07) is 12.5. The van der Waals surface area contributed by atoms with Crippen LogP contribution in [0.5, 0.6) is 11.5 Å². The molecule has 2 aliphatic heterocycles. The number of thiazole rings is 1. The van der Waals surface area contributed by atoms with Gasteiger partial charge < -0.3 is 14.2 Å². The summed E-state index contributed by atoms with van der Waals surface area (Å²) in [5, 5.41) is 0.521. The molecule has 0 radical (unpaired) electrons. The Hall–Kier alpha value is -3.39. The number of ether oxygens (including phenoxy) is 3. The fourth-order valence-electron chi connectivity index (χ4n) is 5.52. The van der Waals surface area contributed by atoms with Crippen molar-refractivity contribution in [1.82, 2.24) is 4.98 Å². The molecule has 0 N–H and O–H groups in total. The van der Waals surface area contributed by atoms with E-state index in [0.29, 0.717) is 22.4 Å². The van der Waals surface area contributed by atoms with Gasteiger partial charge in [0.1, 0.15) is 17.6 Å². The Morgan fingerprint density at radius 2 is 1.86 bits per heavy atom. The first kappa shape index (κ1) is 22.1. The first-order valence-electron chi connectivity index (χ1n) is 11.9. The van der Waals surface area contributed by atoms with Gasteiger partial charge in [0.05, 0.1) is 42.0 Å². The smallest absolute Gasteiger partial charge is 0.296 e. The van der Waals surface area contributed by atoms with Crippen LogP contribution in [0.1, 0.15) is 37.8 Å². The van der Waals surface area contributed by atoms with Crippen LogP contribution >= 0.6 is 11.3 Å². The summed E-state index contributed by atoms with van der Waals surface area (Å²) in [6.45, 7) is 2.18. The zero-order valence-electron chi connectivity index (χ0n) is 19.8. The van der Waals surface area contributed by atoms with E-state index in [1.54, 1.807) is 19.1 Å². The first-order chi connectivity index (χ1) is 17.0. The normalized spacial score (nSPS) is 26.0. The van der Waals surface area contributed by atoms with Gasteiger partial charge in [-0.3, -0.25) is 14.5 Å². The van der Waals surface area contributed by atoms with Gasteiger partial charge in [0, 0.05) is 0 Å². The maximum absolute atomic E-state index is 13.9. The molecule has 0 spiro atoms. The van der Waals surface area contributed by atoms with Gasteiger partial charge in [0.15, 0.2) is 16.7 Å². The molecule has 2 aromatic carbocycles. The third-order valence-electron chi connectivity index (χ3n) is 7.31. The Bertz CT molecular complexity index is 1380. The molecule has 1 fully saturated rings. The van der Waals surface area contributed by atoms with Crippen LogP contribution in [0, 0.1) is 11.8 Å². The number of carbonyl (C=O) groups excluding carboxylic acids is 2. The van der Waals surface area contributed by atoms with E-state index in [1.807, 2.05) is 42.5 Å². The Kier molecular flexibility index (Phi) is 5.29. The fraction of sp³-hybridized carbons (Fsp3) is 0.370. The number of benzene rings is 2. The van der Waals surface area contributed by atoms with Crippen LogP contribution in [-0.2, 0) is 14.3 Å². The molecule has 35 heavy (non-hydrogen) atoms. The van der Waals surface area contributed by atoms with E-state index in [0.717, 1.165) is 40.8 Å². The summed E-state index contributed by atoms with van der Waals surface area (Å²) < 4.78 is 18.0. The summed E-state index contributed by atoms with van der Waals surface area (Å²) in [5.74, 6) is 1.49. The number of methoxy groups -OCH3 is 2. The van der Waals surface area contributed by atoms with Crippen molar-refractivity contribution in [2.75, 3.05) is 19.1 Å². The average molecular weight is 491 g/mol. The number of hydrogen-bond acceptors (Lipinski definition) is 7. The fourth-order valence-corrected chi connectivity index (χ4v) is 6.54. The highest BCUT2D eigenvalue weighted by Crippen LogP contribution is 2.50. The highest BCUT2D eigenvalue weighted by atomic mass is 32.1. The molecule has 3 heterocycles. The monoisotopic (exact) mass is 490 g/mol. The van der Waals surface area contributed by atoms with E-state index in [9.17, 15) is 9.59 Å². The standard InChI is InChI=1S/C27H26N2O5S/c1-14-7-10-20-18(11-14)24(30)22-23(15-5-4-6-16(12-15)32-2)29(26(31)25(22)34-20)27-28-19-9-8-17(33-3)13-21(19)35-27/h4-6,8-9,12-14,18,20,23H,7,10-11H2,1-3H3. The summed E-state index contributed by atoms with van der Waals surface area (Å²) in [4.78, 5) is 34.2. The maximum Gasteiger partial charge on any atom is 0.296 e. The maximum atomic E-state index is 13.9. The molecule has 6 rings (SSSR count). The summed E-state index contributed by atoms with van der Waals surface area (Å²) in [6.07, 6.45) is 2.31. The van der Waals surface area contributed by atoms with Gasteiger partial charge in [-0.15, -0.1) is 0 Å². The van der Waals surface area contributed by atoms with Crippen LogP contribution in [0.3, 0.4) is 0 Å². The number of Topliss-reactive ketones (excluding diaryl/α,β-unsaturated/α-hetero) is 1. The van der Waals surface area contributed by atoms with Crippen molar-refractivity contribution in [3.63, 3.8) is 0 Å². The molecule has 1 aromatic heterocycles. The van der Waals surface area contributed by atoms with Crippen molar-refractivity contribution in [2.45, 2.75) is 38.3 Å². The molecule has 7 nitrogen and oxygen atoms in total. The van der Waals surface area contributed by atoms with Crippen LogP contribution in [0.4, 0.5) is 5.13 Å². The molecule has 1 amide bonds. The largest absolute Gasteiger partial charge is 0.497 e. The Labute approximate surface area is 207 Å². The first-order valence-corrected chi connectivity index (χ1v) is 12.7. The Balaban J connectivity index is 1.50.